The third-order valence-electron chi connectivity index (χ3n) is 1.77. The van der Waals surface area contributed by atoms with Gasteiger partial charge < -0.3 is 4.74 Å². The first kappa shape index (κ1) is 11.7. The second-order valence-corrected chi connectivity index (χ2v) is 5.38. The van der Waals surface area contributed by atoms with E-state index in [0.29, 0.717) is 6.54 Å². The second kappa shape index (κ2) is 5.48. The molecular formula is C9H12BrNO2S. The van der Waals surface area contributed by atoms with Crippen LogP contribution in [0.4, 0.5) is 0 Å². The van der Waals surface area contributed by atoms with Crippen LogP contribution in [0.25, 0.3) is 0 Å². The first-order valence-corrected chi connectivity index (χ1v) is 5.80. The molecule has 14 heavy (non-hydrogen) atoms. The lowest BCUT2D eigenvalue weighted by atomic mass is 10.3. The Morgan fingerprint density at radius 3 is 2.93 bits per heavy atom. The number of halogens is 1. The first-order chi connectivity index (χ1) is 6.63. The largest absolute Gasteiger partial charge is 0.468 e. The molecule has 0 fully saturated rings. The first-order valence-electron chi connectivity index (χ1n) is 4.19. The molecule has 1 aromatic heterocycles. The molecule has 0 spiro atoms. The highest BCUT2D eigenvalue weighted by Gasteiger charge is 2.11. The number of hydrogen-bond donors (Lipinski definition) is 1. The highest BCUT2D eigenvalue weighted by molar-refractivity contribution is 9.11. The average Bonchev–Trinajstić information content (AvgIpc) is 2.59. The van der Waals surface area contributed by atoms with Gasteiger partial charge in [-0.2, -0.15) is 0 Å². The van der Waals surface area contributed by atoms with E-state index in [9.17, 15) is 4.79 Å². The summed E-state index contributed by atoms with van der Waals surface area (Å²) in [6, 6.07) is 3.75. The van der Waals surface area contributed by atoms with Gasteiger partial charge in [-0.15, -0.1) is 11.3 Å². The maximum absolute atomic E-state index is 11.0. The van der Waals surface area contributed by atoms with Crippen molar-refractivity contribution in [3.8, 4) is 0 Å². The molecule has 1 N–H and O–H groups in total. The minimum atomic E-state index is -0.263. The third-order valence-corrected chi connectivity index (χ3v) is 3.39. The lowest BCUT2D eigenvalue weighted by molar-refractivity contribution is -0.142. The molecule has 0 aliphatic rings. The predicted octanol–water partition coefficient (Wildman–Crippen LogP) is 2.16. The van der Waals surface area contributed by atoms with Crippen molar-refractivity contribution in [1.29, 1.82) is 0 Å². The number of methoxy groups -OCH3 is 1. The molecule has 0 radical (unpaired) electrons. The van der Waals surface area contributed by atoms with E-state index >= 15 is 0 Å². The fourth-order valence-corrected chi connectivity index (χ4v) is 2.39. The van der Waals surface area contributed by atoms with Gasteiger partial charge in [-0.25, -0.2) is 0 Å². The SMILES string of the molecule is COC(=O)[C@H](C)NCc1ccc(Br)s1. The normalized spacial score (nSPS) is 12.5. The van der Waals surface area contributed by atoms with Crippen LogP contribution in [0.3, 0.4) is 0 Å². The number of rotatable bonds is 4. The van der Waals surface area contributed by atoms with Crippen LogP contribution in [0.2, 0.25) is 0 Å². The number of carbonyl (C=O) groups is 1. The predicted molar refractivity (Wildman–Crippen MR) is 60.3 cm³/mol. The van der Waals surface area contributed by atoms with Gasteiger partial charge in [0.05, 0.1) is 10.9 Å². The zero-order valence-corrected chi connectivity index (χ0v) is 10.4. The van der Waals surface area contributed by atoms with Crippen molar-refractivity contribution in [2.24, 2.45) is 0 Å². The van der Waals surface area contributed by atoms with E-state index in [2.05, 4.69) is 26.0 Å². The summed E-state index contributed by atoms with van der Waals surface area (Å²) < 4.78 is 5.70. The van der Waals surface area contributed by atoms with Crippen LogP contribution in [0.5, 0.6) is 0 Å². The Bertz CT molecular complexity index is 314. The van der Waals surface area contributed by atoms with Gasteiger partial charge in [-0.05, 0) is 35.0 Å². The molecule has 0 unspecified atom stereocenters. The third kappa shape index (κ3) is 3.40. The molecule has 1 aromatic rings. The van der Waals surface area contributed by atoms with Crippen LogP contribution in [0.15, 0.2) is 15.9 Å². The zero-order valence-electron chi connectivity index (χ0n) is 8.04. The van der Waals surface area contributed by atoms with E-state index in [1.807, 2.05) is 12.1 Å². The van der Waals surface area contributed by atoms with Crippen LogP contribution in [-0.2, 0) is 16.1 Å². The van der Waals surface area contributed by atoms with Crippen molar-refractivity contribution >= 4 is 33.2 Å². The second-order valence-electron chi connectivity index (χ2n) is 2.83. The number of nitrogens with one attached hydrogen (secondary N) is 1. The minimum Gasteiger partial charge on any atom is -0.468 e. The summed E-state index contributed by atoms with van der Waals surface area (Å²) >= 11 is 5.03. The molecule has 1 atom stereocenters. The van der Waals surface area contributed by atoms with Gasteiger partial charge in [0.2, 0.25) is 0 Å². The summed E-state index contributed by atoms with van der Waals surface area (Å²) in [6.45, 7) is 2.47. The molecule has 0 saturated heterocycles. The van der Waals surface area contributed by atoms with Crippen molar-refractivity contribution in [2.45, 2.75) is 19.5 Å². The quantitative estimate of drug-likeness (QED) is 0.858. The topological polar surface area (TPSA) is 38.3 Å². The summed E-state index contributed by atoms with van der Waals surface area (Å²) in [5.41, 5.74) is 0. The maximum Gasteiger partial charge on any atom is 0.322 e. The van der Waals surface area contributed by atoms with Crippen LogP contribution >= 0.6 is 27.3 Å². The van der Waals surface area contributed by atoms with Gasteiger partial charge in [0.1, 0.15) is 6.04 Å². The Balaban J connectivity index is 2.37. The lowest BCUT2D eigenvalue weighted by Crippen LogP contribution is -2.34. The van der Waals surface area contributed by atoms with Gasteiger partial charge >= 0.3 is 5.97 Å². The molecule has 0 saturated carbocycles. The van der Waals surface area contributed by atoms with Crippen molar-refractivity contribution < 1.29 is 9.53 Å². The van der Waals surface area contributed by atoms with E-state index in [4.69, 9.17) is 0 Å². The number of hydrogen-bond acceptors (Lipinski definition) is 4. The lowest BCUT2D eigenvalue weighted by Gasteiger charge is -2.09. The molecule has 0 aliphatic heterocycles. The van der Waals surface area contributed by atoms with Crippen LogP contribution in [0.1, 0.15) is 11.8 Å². The van der Waals surface area contributed by atoms with E-state index < -0.39 is 0 Å². The van der Waals surface area contributed by atoms with Crippen molar-refractivity contribution in [3.05, 3.63) is 20.8 Å². The molecule has 0 aliphatic carbocycles. The molecule has 78 valence electrons. The standard InChI is InChI=1S/C9H12BrNO2S/c1-6(9(12)13-2)11-5-7-3-4-8(10)14-7/h3-4,6,11H,5H2,1-2H3/t6-/m0/s1. The smallest absolute Gasteiger partial charge is 0.322 e. The Labute approximate surface area is 95.6 Å². The summed E-state index contributed by atoms with van der Waals surface area (Å²) in [4.78, 5) is 12.2. The monoisotopic (exact) mass is 277 g/mol. The van der Waals surface area contributed by atoms with Crippen LogP contribution in [0, 0.1) is 0 Å². The molecular weight excluding hydrogens is 266 g/mol. The summed E-state index contributed by atoms with van der Waals surface area (Å²) in [5.74, 6) is -0.236. The maximum atomic E-state index is 11.0. The van der Waals surface area contributed by atoms with E-state index in [1.54, 1.807) is 18.3 Å². The fraction of sp³-hybridized carbons (Fsp3) is 0.444. The fourth-order valence-electron chi connectivity index (χ4n) is 0.961. The van der Waals surface area contributed by atoms with E-state index in [1.165, 1.54) is 12.0 Å². The Kier molecular flexibility index (Phi) is 4.57. The summed E-state index contributed by atoms with van der Waals surface area (Å²) in [7, 11) is 1.39. The Morgan fingerprint density at radius 1 is 1.71 bits per heavy atom. The Hall–Kier alpha value is -0.390. The van der Waals surface area contributed by atoms with Crippen LogP contribution < -0.4 is 5.32 Å². The minimum absolute atomic E-state index is 0.236. The molecule has 1 rings (SSSR count). The molecule has 3 nitrogen and oxygen atoms in total. The highest BCUT2D eigenvalue weighted by Crippen LogP contribution is 2.21. The summed E-state index contributed by atoms with van der Waals surface area (Å²) in [6.07, 6.45) is 0. The molecule has 1 heterocycles. The van der Waals surface area contributed by atoms with Gasteiger partial charge in [0.15, 0.2) is 0 Å². The summed E-state index contributed by atoms with van der Waals surface area (Å²) in [5, 5.41) is 3.08. The van der Waals surface area contributed by atoms with Gasteiger partial charge in [-0.3, -0.25) is 10.1 Å². The van der Waals surface area contributed by atoms with Gasteiger partial charge in [0, 0.05) is 11.4 Å². The zero-order chi connectivity index (χ0) is 10.6. The van der Waals surface area contributed by atoms with E-state index in [0.717, 1.165) is 3.79 Å². The van der Waals surface area contributed by atoms with Crippen LogP contribution in [-0.4, -0.2) is 19.1 Å². The molecule has 0 amide bonds. The van der Waals surface area contributed by atoms with Gasteiger partial charge in [0.25, 0.3) is 0 Å². The number of esters is 1. The molecule has 5 heteroatoms. The molecule has 0 aromatic carbocycles. The van der Waals surface area contributed by atoms with Crippen molar-refractivity contribution in [3.63, 3.8) is 0 Å². The average molecular weight is 278 g/mol. The number of carbonyl (C=O) groups excluding carboxylic acids is 1. The van der Waals surface area contributed by atoms with Gasteiger partial charge in [-0.1, -0.05) is 0 Å². The Morgan fingerprint density at radius 2 is 2.43 bits per heavy atom. The molecule has 0 bridgehead atoms. The van der Waals surface area contributed by atoms with E-state index in [-0.39, 0.29) is 12.0 Å². The number of ether oxygens (including phenoxy) is 1. The highest BCUT2D eigenvalue weighted by atomic mass is 79.9. The van der Waals surface area contributed by atoms with Crippen molar-refractivity contribution in [1.82, 2.24) is 5.32 Å². The van der Waals surface area contributed by atoms with Crippen molar-refractivity contribution in [2.75, 3.05) is 7.11 Å². The number of thiophene rings is 1.